The van der Waals surface area contributed by atoms with E-state index < -0.39 is 34.1 Å². The summed E-state index contributed by atoms with van der Waals surface area (Å²) >= 11 is 0. The second kappa shape index (κ2) is 17.7. The van der Waals surface area contributed by atoms with Crippen LogP contribution in [0, 0.1) is 13.8 Å². The molecule has 0 aromatic heterocycles. The van der Waals surface area contributed by atoms with E-state index in [1.807, 2.05) is 0 Å². The summed E-state index contributed by atoms with van der Waals surface area (Å²) in [5.41, 5.74) is 3.78. The van der Waals surface area contributed by atoms with Crippen molar-refractivity contribution < 1.29 is 37.1 Å². The molecule has 0 radical (unpaired) electrons. The second-order valence-corrected chi connectivity index (χ2v) is 14.4. The van der Waals surface area contributed by atoms with Crippen molar-refractivity contribution in [3.63, 3.8) is 0 Å². The van der Waals surface area contributed by atoms with Crippen LogP contribution >= 0.6 is 0 Å². The van der Waals surface area contributed by atoms with Gasteiger partial charge < -0.3 is 30.7 Å². The number of ether oxygens (including phenoxy) is 2. The van der Waals surface area contributed by atoms with Gasteiger partial charge in [0.2, 0.25) is 9.84 Å². The molecule has 0 atom stereocenters. The van der Waals surface area contributed by atoms with Gasteiger partial charge in [0.1, 0.15) is 11.5 Å². The smallest absolute Gasteiger partial charge is 0.410 e. The maximum atomic E-state index is 13.4. The number of urea groups is 2. The van der Waals surface area contributed by atoms with E-state index in [4.69, 9.17) is 9.47 Å². The maximum Gasteiger partial charge on any atom is 0.417 e. The number of anilines is 6. The van der Waals surface area contributed by atoms with Crippen molar-refractivity contribution in [3.05, 3.63) is 157 Å². The molecule has 0 aliphatic rings. The van der Waals surface area contributed by atoms with Crippen molar-refractivity contribution in [3.8, 4) is 11.5 Å². The molecule has 288 valence electrons. The van der Waals surface area contributed by atoms with E-state index >= 15 is 0 Å². The molecule has 0 saturated heterocycles. The minimum Gasteiger partial charge on any atom is -0.410 e. The lowest BCUT2D eigenvalue weighted by Gasteiger charge is -2.13. The number of nitrogens with one attached hydrogen (secondary N) is 6. The first-order valence-electron chi connectivity index (χ1n) is 17.3. The van der Waals surface area contributed by atoms with Crippen LogP contribution in [0.3, 0.4) is 0 Å². The number of benzene rings is 6. The summed E-state index contributed by atoms with van der Waals surface area (Å²) in [6, 6.07) is 37.2. The predicted octanol–water partition coefficient (Wildman–Crippen LogP) is 9.65. The summed E-state index contributed by atoms with van der Waals surface area (Å²) in [6.45, 7) is 3.57. The van der Waals surface area contributed by atoms with Crippen LogP contribution in [0.25, 0.3) is 0 Å². The molecule has 0 fully saturated rings. The SMILES string of the molecule is Cc1ccc(NC(=O)Oc2ccccc2)cc1NC(=O)Nc1ccc(S(=O)(=O)c2ccc(NC(=O)Nc3cc(NC(=O)Oc4ccccc4)ccc3C)cc2)cc1. The van der Waals surface area contributed by atoms with Crippen molar-refractivity contribution in [1.29, 1.82) is 0 Å². The molecule has 0 aliphatic heterocycles. The second-order valence-electron chi connectivity index (χ2n) is 12.4. The molecule has 6 N–H and O–H groups in total. The van der Waals surface area contributed by atoms with Gasteiger partial charge in [-0.3, -0.25) is 10.6 Å². The molecule has 57 heavy (non-hydrogen) atoms. The molecule has 15 heteroatoms. The first-order chi connectivity index (χ1) is 27.4. The van der Waals surface area contributed by atoms with E-state index in [0.717, 1.165) is 11.1 Å². The van der Waals surface area contributed by atoms with Crippen LogP contribution in [0.1, 0.15) is 11.1 Å². The highest BCUT2D eigenvalue weighted by Gasteiger charge is 2.19. The molecule has 14 nitrogen and oxygen atoms in total. The highest BCUT2D eigenvalue weighted by Crippen LogP contribution is 2.26. The summed E-state index contributed by atoms with van der Waals surface area (Å²) in [4.78, 5) is 50.3. The van der Waals surface area contributed by atoms with Crippen LogP contribution < -0.4 is 41.4 Å². The Labute approximate surface area is 328 Å². The lowest BCUT2D eigenvalue weighted by molar-refractivity contribution is 0.214. The standard InChI is InChI=1S/C42H36N6O8S/c1-27-13-15-31(45-41(51)55-33-9-5-3-6-10-33)25-37(27)47-39(49)43-29-17-21-35(22-18-29)57(53,54)36-23-19-30(20-24-36)44-40(50)48-38-26-32(16-14-28(38)2)46-42(52)56-34-11-7-4-8-12-34/h3-26H,1-2H3,(H,45,51)(H,46,52)(H2,43,47,49)(H2,44,48,50). The van der Waals surface area contributed by atoms with Gasteiger partial charge in [0.05, 0.1) is 9.79 Å². The number of carbonyl (C=O) groups excluding carboxylic acids is 4. The van der Waals surface area contributed by atoms with Gasteiger partial charge in [-0.05, 0) is 122 Å². The molecule has 0 aliphatic carbocycles. The average Bonchev–Trinajstić information content (AvgIpc) is 3.18. The van der Waals surface area contributed by atoms with E-state index in [-0.39, 0.29) is 9.79 Å². The Bertz CT molecular complexity index is 2350. The maximum absolute atomic E-state index is 13.4. The van der Waals surface area contributed by atoms with Gasteiger partial charge in [0, 0.05) is 34.1 Å². The van der Waals surface area contributed by atoms with E-state index in [1.54, 1.807) is 111 Å². The summed E-state index contributed by atoms with van der Waals surface area (Å²) in [6.07, 6.45) is -1.39. The Hall–Kier alpha value is -7.65. The topological polar surface area (TPSA) is 193 Å². The highest BCUT2D eigenvalue weighted by atomic mass is 32.2. The molecular formula is C42H36N6O8S. The fourth-order valence-corrected chi connectivity index (χ4v) is 6.55. The molecule has 6 aromatic rings. The number of para-hydroxylation sites is 2. The van der Waals surface area contributed by atoms with Crippen LogP contribution in [0.2, 0.25) is 0 Å². The van der Waals surface area contributed by atoms with Crippen molar-refractivity contribution in [2.24, 2.45) is 0 Å². The van der Waals surface area contributed by atoms with Gasteiger partial charge in [0.15, 0.2) is 0 Å². The fraction of sp³-hybridized carbons (Fsp3) is 0.0476. The predicted molar refractivity (Wildman–Crippen MR) is 218 cm³/mol. The molecule has 6 rings (SSSR count). The minimum atomic E-state index is -3.95. The van der Waals surface area contributed by atoms with Crippen LogP contribution in [0.4, 0.5) is 53.3 Å². The van der Waals surface area contributed by atoms with Gasteiger partial charge in [0.25, 0.3) is 0 Å². The normalized spacial score (nSPS) is 10.7. The zero-order chi connectivity index (χ0) is 40.4. The Morgan fingerprint density at radius 1 is 0.421 bits per heavy atom. The molecule has 0 unspecified atom stereocenters. The van der Waals surface area contributed by atoms with E-state index in [1.165, 1.54) is 48.5 Å². The van der Waals surface area contributed by atoms with E-state index in [2.05, 4.69) is 31.9 Å². The van der Waals surface area contributed by atoms with Gasteiger partial charge in [-0.15, -0.1) is 0 Å². The third-order valence-corrected chi connectivity index (χ3v) is 10.0. The quantitative estimate of drug-likeness (QED) is 0.0790. The Morgan fingerprint density at radius 2 is 0.772 bits per heavy atom. The zero-order valence-corrected chi connectivity index (χ0v) is 31.3. The van der Waals surface area contributed by atoms with Gasteiger partial charge in [-0.25, -0.2) is 27.6 Å². The van der Waals surface area contributed by atoms with Crippen LogP contribution in [0.5, 0.6) is 11.5 Å². The molecular weight excluding hydrogens is 749 g/mol. The third-order valence-electron chi connectivity index (χ3n) is 8.22. The number of sulfone groups is 1. The van der Waals surface area contributed by atoms with Crippen molar-refractivity contribution >= 4 is 68.2 Å². The Morgan fingerprint density at radius 3 is 1.14 bits per heavy atom. The molecule has 0 saturated carbocycles. The number of aryl methyl sites for hydroxylation is 2. The van der Waals surface area contributed by atoms with Crippen molar-refractivity contribution in [2.75, 3.05) is 31.9 Å². The molecule has 0 bridgehead atoms. The summed E-state index contributed by atoms with van der Waals surface area (Å²) in [7, 11) is -3.95. The van der Waals surface area contributed by atoms with Crippen LogP contribution in [0.15, 0.2) is 155 Å². The third kappa shape index (κ3) is 10.7. The van der Waals surface area contributed by atoms with Crippen LogP contribution in [-0.2, 0) is 9.84 Å². The number of carbonyl (C=O) groups is 4. The first-order valence-corrected chi connectivity index (χ1v) is 18.8. The molecule has 0 spiro atoms. The summed E-state index contributed by atoms with van der Waals surface area (Å²) in [5, 5.41) is 16.0. The van der Waals surface area contributed by atoms with Gasteiger partial charge in [-0.2, -0.15) is 0 Å². The van der Waals surface area contributed by atoms with Gasteiger partial charge in [-0.1, -0.05) is 48.5 Å². The Kier molecular flexibility index (Phi) is 12.1. The summed E-state index contributed by atoms with van der Waals surface area (Å²) in [5.74, 6) is 0.754. The lowest BCUT2D eigenvalue weighted by atomic mass is 10.2. The fourth-order valence-electron chi connectivity index (χ4n) is 5.29. The summed E-state index contributed by atoms with van der Waals surface area (Å²) < 4.78 is 37.3. The average molecular weight is 785 g/mol. The van der Waals surface area contributed by atoms with Crippen molar-refractivity contribution in [2.45, 2.75) is 23.6 Å². The highest BCUT2D eigenvalue weighted by molar-refractivity contribution is 7.91. The molecule has 6 amide bonds. The number of rotatable bonds is 10. The molecule has 6 aromatic carbocycles. The first kappa shape index (κ1) is 39.1. The minimum absolute atomic E-state index is 0.0134. The zero-order valence-electron chi connectivity index (χ0n) is 30.5. The van der Waals surface area contributed by atoms with E-state index in [0.29, 0.717) is 45.6 Å². The van der Waals surface area contributed by atoms with Gasteiger partial charge >= 0.3 is 24.2 Å². The lowest BCUT2D eigenvalue weighted by Crippen LogP contribution is -2.21. The number of hydrogen-bond donors (Lipinski definition) is 6. The largest absolute Gasteiger partial charge is 0.417 e. The monoisotopic (exact) mass is 784 g/mol. The molecule has 0 heterocycles. The Balaban J connectivity index is 1.01. The number of hydrogen-bond acceptors (Lipinski definition) is 8. The van der Waals surface area contributed by atoms with E-state index in [9.17, 15) is 27.6 Å². The van der Waals surface area contributed by atoms with Crippen LogP contribution in [-0.4, -0.2) is 32.7 Å². The van der Waals surface area contributed by atoms with Crippen molar-refractivity contribution in [1.82, 2.24) is 0 Å². The number of amides is 6.